The van der Waals surface area contributed by atoms with Crippen LogP contribution < -0.4 is 11.1 Å². The molecule has 1 unspecified atom stereocenters. The average Bonchev–Trinajstić information content (AvgIpc) is 2.14. The first-order valence-corrected chi connectivity index (χ1v) is 4.73. The van der Waals surface area contributed by atoms with Crippen molar-refractivity contribution >= 4 is 5.91 Å². The summed E-state index contributed by atoms with van der Waals surface area (Å²) in [4.78, 5) is 11.2. The molecule has 0 fully saturated rings. The fourth-order valence-electron chi connectivity index (χ4n) is 1.03. The highest BCUT2D eigenvalue weighted by atomic mass is 16.5. The second kappa shape index (κ2) is 8.01. The Hall–Kier alpha value is -0.610. The number of hydrogen-bond donors (Lipinski definition) is 2. The molecule has 0 aromatic carbocycles. The highest BCUT2D eigenvalue weighted by molar-refractivity contribution is 5.76. The maximum Gasteiger partial charge on any atom is 0.220 e. The summed E-state index contributed by atoms with van der Waals surface area (Å²) >= 11 is 0. The monoisotopic (exact) mass is 188 g/mol. The van der Waals surface area contributed by atoms with Crippen molar-refractivity contribution in [1.29, 1.82) is 0 Å². The Morgan fingerprint density at radius 2 is 2.31 bits per heavy atom. The third kappa shape index (κ3) is 6.54. The molecule has 4 nitrogen and oxygen atoms in total. The Kier molecular flexibility index (Phi) is 7.63. The number of carbonyl (C=O) groups is 1. The number of carbonyl (C=O) groups excluding carboxylic acids is 1. The second-order valence-electron chi connectivity index (χ2n) is 3.02. The van der Waals surface area contributed by atoms with Gasteiger partial charge >= 0.3 is 0 Å². The number of ether oxygens (including phenoxy) is 1. The minimum atomic E-state index is 0.0642. The molecule has 0 spiro atoms. The van der Waals surface area contributed by atoms with E-state index in [1.807, 2.05) is 6.92 Å². The predicted octanol–water partition coefficient (Wildman–Crippen LogP) is 0.267. The molecule has 13 heavy (non-hydrogen) atoms. The number of rotatable bonds is 7. The van der Waals surface area contributed by atoms with Crippen molar-refractivity contribution < 1.29 is 9.53 Å². The highest BCUT2D eigenvalue weighted by Gasteiger charge is 2.08. The normalized spacial score (nSPS) is 12.5. The summed E-state index contributed by atoms with van der Waals surface area (Å²) < 4.78 is 4.96. The summed E-state index contributed by atoms with van der Waals surface area (Å²) in [6.45, 7) is 3.16. The van der Waals surface area contributed by atoms with Gasteiger partial charge in [0.05, 0.1) is 12.6 Å². The molecule has 0 aliphatic rings. The summed E-state index contributed by atoms with van der Waals surface area (Å²) in [6.07, 6.45) is 2.15. The van der Waals surface area contributed by atoms with Crippen molar-refractivity contribution in [2.45, 2.75) is 32.2 Å². The van der Waals surface area contributed by atoms with Gasteiger partial charge in [-0.05, 0) is 19.4 Å². The molecule has 1 amide bonds. The van der Waals surface area contributed by atoms with Gasteiger partial charge in [0.1, 0.15) is 0 Å². The van der Waals surface area contributed by atoms with Crippen LogP contribution in [0.3, 0.4) is 0 Å². The zero-order valence-corrected chi connectivity index (χ0v) is 8.51. The third-order valence-electron chi connectivity index (χ3n) is 1.83. The summed E-state index contributed by atoms with van der Waals surface area (Å²) in [5.74, 6) is 0.0642. The molecule has 0 aliphatic carbocycles. The van der Waals surface area contributed by atoms with Gasteiger partial charge in [0, 0.05) is 13.5 Å². The Balaban J connectivity index is 3.60. The minimum absolute atomic E-state index is 0.0642. The van der Waals surface area contributed by atoms with E-state index in [-0.39, 0.29) is 11.9 Å². The van der Waals surface area contributed by atoms with Gasteiger partial charge < -0.3 is 15.8 Å². The van der Waals surface area contributed by atoms with Gasteiger partial charge in [-0.1, -0.05) is 6.92 Å². The predicted molar refractivity (Wildman–Crippen MR) is 52.4 cm³/mol. The van der Waals surface area contributed by atoms with E-state index in [0.717, 1.165) is 12.8 Å². The summed E-state index contributed by atoms with van der Waals surface area (Å²) in [5, 5.41) is 2.88. The zero-order valence-electron chi connectivity index (χ0n) is 8.51. The number of methoxy groups -OCH3 is 1. The smallest absolute Gasteiger partial charge is 0.220 e. The number of nitrogens with two attached hydrogens (primary N) is 1. The summed E-state index contributed by atoms with van der Waals surface area (Å²) in [7, 11) is 1.63. The topological polar surface area (TPSA) is 64.3 Å². The summed E-state index contributed by atoms with van der Waals surface area (Å²) in [5.41, 5.74) is 5.29. The van der Waals surface area contributed by atoms with Crippen LogP contribution in [0, 0.1) is 0 Å². The van der Waals surface area contributed by atoms with Crippen molar-refractivity contribution in [3.8, 4) is 0 Å². The fourth-order valence-corrected chi connectivity index (χ4v) is 1.03. The van der Waals surface area contributed by atoms with E-state index in [1.165, 1.54) is 0 Å². The first-order valence-electron chi connectivity index (χ1n) is 4.73. The maximum atomic E-state index is 11.2. The van der Waals surface area contributed by atoms with Gasteiger partial charge in [0.25, 0.3) is 0 Å². The van der Waals surface area contributed by atoms with Gasteiger partial charge in [-0.3, -0.25) is 4.79 Å². The molecule has 4 heteroatoms. The first-order chi connectivity index (χ1) is 6.24. The van der Waals surface area contributed by atoms with Gasteiger partial charge in [-0.2, -0.15) is 0 Å². The van der Waals surface area contributed by atoms with Crippen LogP contribution in [0.1, 0.15) is 26.2 Å². The van der Waals surface area contributed by atoms with E-state index >= 15 is 0 Å². The molecule has 0 aromatic heterocycles. The van der Waals surface area contributed by atoms with Crippen LogP contribution in [-0.2, 0) is 9.53 Å². The molecule has 0 saturated carbocycles. The molecular weight excluding hydrogens is 168 g/mol. The second-order valence-corrected chi connectivity index (χ2v) is 3.02. The molecule has 3 N–H and O–H groups in total. The number of hydrogen-bond acceptors (Lipinski definition) is 3. The molecule has 1 atom stereocenters. The molecular formula is C9H20N2O2. The van der Waals surface area contributed by atoms with Crippen LogP contribution in [-0.4, -0.2) is 32.2 Å². The van der Waals surface area contributed by atoms with E-state index in [9.17, 15) is 4.79 Å². The Labute approximate surface area is 79.8 Å². The average molecular weight is 188 g/mol. The molecule has 0 radical (unpaired) electrons. The van der Waals surface area contributed by atoms with Gasteiger partial charge in [-0.25, -0.2) is 0 Å². The maximum absolute atomic E-state index is 11.2. The largest absolute Gasteiger partial charge is 0.383 e. The molecule has 0 aliphatic heterocycles. The fraction of sp³-hybridized carbons (Fsp3) is 0.889. The Bertz CT molecular complexity index is 140. The number of nitrogens with one attached hydrogen (secondary N) is 1. The zero-order chi connectivity index (χ0) is 10.1. The summed E-state index contributed by atoms with van der Waals surface area (Å²) in [6, 6.07) is 0.135. The van der Waals surface area contributed by atoms with Gasteiger partial charge in [-0.15, -0.1) is 0 Å². The van der Waals surface area contributed by atoms with Crippen molar-refractivity contribution in [2.24, 2.45) is 5.73 Å². The van der Waals surface area contributed by atoms with Crippen molar-refractivity contribution in [3.05, 3.63) is 0 Å². The molecule has 0 aromatic rings. The van der Waals surface area contributed by atoms with Crippen LogP contribution in [0.5, 0.6) is 0 Å². The number of amides is 1. The lowest BCUT2D eigenvalue weighted by Crippen LogP contribution is -2.37. The van der Waals surface area contributed by atoms with E-state index in [4.69, 9.17) is 10.5 Å². The highest BCUT2D eigenvalue weighted by Crippen LogP contribution is 1.94. The van der Waals surface area contributed by atoms with Crippen LogP contribution in [0.25, 0.3) is 0 Å². The van der Waals surface area contributed by atoms with Crippen LogP contribution >= 0.6 is 0 Å². The quantitative estimate of drug-likeness (QED) is 0.602. The molecule has 78 valence electrons. The first kappa shape index (κ1) is 12.4. The molecule has 0 heterocycles. The van der Waals surface area contributed by atoms with Gasteiger partial charge in [0.2, 0.25) is 5.91 Å². The van der Waals surface area contributed by atoms with E-state index < -0.39 is 0 Å². The van der Waals surface area contributed by atoms with E-state index in [0.29, 0.717) is 19.6 Å². The SMILES string of the molecule is CCC(COC)NC(=O)CCCN. The van der Waals surface area contributed by atoms with Crippen molar-refractivity contribution in [2.75, 3.05) is 20.3 Å². The minimum Gasteiger partial charge on any atom is -0.383 e. The molecule has 0 bridgehead atoms. The Morgan fingerprint density at radius 3 is 2.77 bits per heavy atom. The molecule has 0 rings (SSSR count). The lowest BCUT2D eigenvalue weighted by atomic mass is 10.2. The van der Waals surface area contributed by atoms with Crippen molar-refractivity contribution in [3.63, 3.8) is 0 Å². The Morgan fingerprint density at radius 1 is 1.62 bits per heavy atom. The van der Waals surface area contributed by atoms with Crippen LogP contribution in [0.15, 0.2) is 0 Å². The van der Waals surface area contributed by atoms with Crippen LogP contribution in [0.2, 0.25) is 0 Å². The van der Waals surface area contributed by atoms with E-state index in [2.05, 4.69) is 5.32 Å². The third-order valence-corrected chi connectivity index (χ3v) is 1.83. The van der Waals surface area contributed by atoms with Crippen LogP contribution in [0.4, 0.5) is 0 Å². The van der Waals surface area contributed by atoms with Crippen molar-refractivity contribution in [1.82, 2.24) is 5.32 Å². The van der Waals surface area contributed by atoms with Gasteiger partial charge in [0.15, 0.2) is 0 Å². The lowest BCUT2D eigenvalue weighted by molar-refractivity contribution is -0.122. The van der Waals surface area contributed by atoms with E-state index in [1.54, 1.807) is 7.11 Å². The molecule has 0 saturated heterocycles. The lowest BCUT2D eigenvalue weighted by Gasteiger charge is -2.15. The standard InChI is InChI=1S/C9H20N2O2/c1-3-8(7-13-2)11-9(12)5-4-6-10/h8H,3-7,10H2,1-2H3,(H,11,12).